The standard InChI is InChI=1S/C17H16FNO3/c1-12(20)13-6-4-7-15(9-13)22-11-17(21)19-10-14-5-2-3-8-16(14)18/h2-9H,10-11H2,1H3,(H,19,21). The lowest BCUT2D eigenvalue weighted by Crippen LogP contribution is -2.28. The van der Waals surface area contributed by atoms with Crippen molar-refractivity contribution in [2.75, 3.05) is 6.61 Å². The summed E-state index contributed by atoms with van der Waals surface area (Å²) in [7, 11) is 0. The summed E-state index contributed by atoms with van der Waals surface area (Å²) in [5.41, 5.74) is 0.929. The smallest absolute Gasteiger partial charge is 0.258 e. The van der Waals surface area contributed by atoms with E-state index >= 15 is 0 Å². The van der Waals surface area contributed by atoms with Gasteiger partial charge in [0.2, 0.25) is 0 Å². The van der Waals surface area contributed by atoms with Crippen molar-refractivity contribution < 1.29 is 18.7 Å². The number of carbonyl (C=O) groups is 2. The fraction of sp³-hybridized carbons (Fsp3) is 0.176. The zero-order valence-corrected chi connectivity index (χ0v) is 12.1. The first-order valence-corrected chi connectivity index (χ1v) is 6.80. The van der Waals surface area contributed by atoms with Crippen LogP contribution in [-0.2, 0) is 11.3 Å². The molecule has 4 nitrogen and oxygen atoms in total. The number of amides is 1. The van der Waals surface area contributed by atoms with Crippen LogP contribution in [0, 0.1) is 5.82 Å². The largest absolute Gasteiger partial charge is 0.484 e. The van der Waals surface area contributed by atoms with Crippen LogP contribution in [0.1, 0.15) is 22.8 Å². The van der Waals surface area contributed by atoms with E-state index in [1.807, 2.05) is 0 Å². The van der Waals surface area contributed by atoms with Gasteiger partial charge in [0, 0.05) is 17.7 Å². The van der Waals surface area contributed by atoms with E-state index in [9.17, 15) is 14.0 Å². The van der Waals surface area contributed by atoms with Crippen LogP contribution in [-0.4, -0.2) is 18.3 Å². The van der Waals surface area contributed by atoms with Crippen LogP contribution < -0.4 is 10.1 Å². The first-order valence-electron chi connectivity index (χ1n) is 6.80. The second-order valence-electron chi connectivity index (χ2n) is 4.74. The van der Waals surface area contributed by atoms with E-state index < -0.39 is 0 Å². The van der Waals surface area contributed by atoms with Crippen molar-refractivity contribution in [1.29, 1.82) is 0 Å². The molecule has 0 fully saturated rings. The quantitative estimate of drug-likeness (QED) is 0.835. The minimum atomic E-state index is -0.364. The van der Waals surface area contributed by atoms with Crippen LogP contribution in [0.25, 0.3) is 0 Å². The number of carbonyl (C=O) groups excluding carboxylic acids is 2. The lowest BCUT2D eigenvalue weighted by molar-refractivity contribution is -0.123. The molecule has 0 atom stereocenters. The van der Waals surface area contributed by atoms with Gasteiger partial charge in [-0.15, -0.1) is 0 Å². The van der Waals surface area contributed by atoms with E-state index in [4.69, 9.17) is 4.74 Å². The van der Waals surface area contributed by atoms with Gasteiger partial charge in [0.25, 0.3) is 5.91 Å². The summed E-state index contributed by atoms with van der Waals surface area (Å²) in [6, 6.07) is 12.8. The molecular weight excluding hydrogens is 285 g/mol. The average molecular weight is 301 g/mol. The Morgan fingerprint density at radius 2 is 1.91 bits per heavy atom. The van der Waals surface area contributed by atoms with Gasteiger partial charge in [-0.1, -0.05) is 30.3 Å². The second kappa shape index (κ2) is 7.36. The Kier molecular flexibility index (Phi) is 5.25. The monoisotopic (exact) mass is 301 g/mol. The SMILES string of the molecule is CC(=O)c1cccc(OCC(=O)NCc2ccccc2F)c1. The van der Waals surface area contributed by atoms with E-state index in [1.54, 1.807) is 42.5 Å². The molecule has 0 aliphatic carbocycles. The maximum Gasteiger partial charge on any atom is 0.258 e. The Bertz CT molecular complexity index is 685. The van der Waals surface area contributed by atoms with Crippen molar-refractivity contribution in [3.05, 3.63) is 65.5 Å². The van der Waals surface area contributed by atoms with E-state index in [0.717, 1.165) is 0 Å². The second-order valence-corrected chi connectivity index (χ2v) is 4.74. The van der Waals surface area contributed by atoms with Gasteiger partial charge in [0.05, 0.1) is 0 Å². The number of Topliss-reactive ketones (excluding diaryl/α,β-unsaturated/α-hetero) is 1. The molecule has 0 heterocycles. The Hall–Kier alpha value is -2.69. The van der Waals surface area contributed by atoms with Crippen LogP contribution in [0.15, 0.2) is 48.5 Å². The van der Waals surface area contributed by atoms with Gasteiger partial charge in [-0.25, -0.2) is 4.39 Å². The number of benzene rings is 2. The van der Waals surface area contributed by atoms with Gasteiger partial charge in [0.15, 0.2) is 12.4 Å². The highest BCUT2D eigenvalue weighted by atomic mass is 19.1. The number of hydrogen-bond donors (Lipinski definition) is 1. The fourth-order valence-electron chi connectivity index (χ4n) is 1.84. The Morgan fingerprint density at radius 1 is 1.14 bits per heavy atom. The summed E-state index contributed by atoms with van der Waals surface area (Å²) in [6.07, 6.45) is 0. The molecule has 0 aliphatic heterocycles. The molecule has 22 heavy (non-hydrogen) atoms. The zero-order valence-electron chi connectivity index (χ0n) is 12.1. The highest BCUT2D eigenvalue weighted by Gasteiger charge is 2.06. The summed E-state index contributed by atoms with van der Waals surface area (Å²) in [6.45, 7) is 1.36. The summed E-state index contributed by atoms with van der Waals surface area (Å²) in [5, 5.41) is 2.58. The molecule has 2 aromatic carbocycles. The third kappa shape index (κ3) is 4.41. The van der Waals surface area contributed by atoms with Crippen molar-refractivity contribution in [3.8, 4) is 5.75 Å². The van der Waals surface area contributed by atoms with Gasteiger partial charge in [-0.05, 0) is 25.1 Å². The average Bonchev–Trinajstić information content (AvgIpc) is 2.52. The summed E-state index contributed by atoms with van der Waals surface area (Å²) >= 11 is 0. The molecule has 2 aromatic rings. The lowest BCUT2D eigenvalue weighted by Gasteiger charge is -2.08. The van der Waals surface area contributed by atoms with E-state index in [-0.39, 0.29) is 30.7 Å². The molecule has 0 bridgehead atoms. The minimum Gasteiger partial charge on any atom is -0.484 e. The number of hydrogen-bond acceptors (Lipinski definition) is 3. The fourth-order valence-corrected chi connectivity index (χ4v) is 1.84. The van der Waals surface area contributed by atoms with Crippen LogP contribution >= 0.6 is 0 Å². The van der Waals surface area contributed by atoms with Crippen molar-refractivity contribution in [2.24, 2.45) is 0 Å². The normalized spacial score (nSPS) is 10.1. The highest BCUT2D eigenvalue weighted by Crippen LogP contribution is 2.13. The molecule has 114 valence electrons. The number of rotatable bonds is 6. The van der Waals surface area contributed by atoms with Crippen LogP contribution in [0.2, 0.25) is 0 Å². The molecule has 0 aromatic heterocycles. The third-order valence-electron chi connectivity index (χ3n) is 3.04. The molecular formula is C17H16FNO3. The number of ether oxygens (including phenoxy) is 1. The van der Waals surface area contributed by atoms with E-state index in [1.165, 1.54) is 13.0 Å². The summed E-state index contributed by atoms with van der Waals surface area (Å²) < 4.78 is 18.7. The molecule has 1 amide bonds. The molecule has 0 unspecified atom stereocenters. The number of ketones is 1. The van der Waals surface area contributed by atoms with Gasteiger partial charge < -0.3 is 10.1 Å². The van der Waals surface area contributed by atoms with Gasteiger partial charge >= 0.3 is 0 Å². The van der Waals surface area contributed by atoms with Gasteiger partial charge in [-0.3, -0.25) is 9.59 Å². The molecule has 0 saturated heterocycles. The predicted octanol–water partition coefficient (Wildman–Crippen LogP) is 2.72. The van der Waals surface area contributed by atoms with Crippen molar-refractivity contribution >= 4 is 11.7 Å². The van der Waals surface area contributed by atoms with E-state index in [0.29, 0.717) is 16.9 Å². The van der Waals surface area contributed by atoms with Crippen molar-refractivity contribution in [2.45, 2.75) is 13.5 Å². The minimum absolute atomic E-state index is 0.0746. The highest BCUT2D eigenvalue weighted by molar-refractivity contribution is 5.94. The first kappa shape index (κ1) is 15.7. The van der Waals surface area contributed by atoms with Crippen LogP contribution in [0.4, 0.5) is 4.39 Å². The van der Waals surface area contributed by atoms with Crippen molar-refractivity contribution in [3.63, 3.8) is 0 Å². The maximum absolute atomic E-state index is 13.4. The predicted molar refractivity (Wildman–Crippen MR) is 80.2 cm³/mol. The number of nitrogens with one attached hydrogen (secondary N) is 1. The molecule has 5 heteroatoms. The third-order valence-corrected chi connectivity index (χ3v) is 3.04. The molecule has 0 spiro atoms. The Morgan fingerprint density at radius 3 is 2.64 bits per heavy atom. The maximum atomic E-state index is 13.4. The Balaban J connectivity index is 1.84. The van der Waals surface area contributed by atoms with Crippen LogP contribution in [0.5, 0.6) is 5.75 Å². The van der Waals surface area contributed by atoms with Crippen molar-refractivity contribution in [1.82, 2.24) is 5.32 Å². The topological polar surface area (TPSA) is 55.4 Å². The summed E-state index contributed by atoms with van der Waals surface area (Å²) in [4.78, 5) is 23.0. The molecule has 0 aliphatic rings. The lowest BCUT2D eigenvalue weighted by atomic mass is 10.1. The van der Waals surface area contributed by atoms with Gasteiger partial charge in [0.1, 0.15) is 11.6 Å². The first-order chi connectivity index (χ1) is 10.6. The zero-order chi connectivity index (χ0) is 15.9. The van der Waals surface area contributed by atoms with E-state index in [2.05, 4.69) is 5.32 Å². The van der Waals surface area contributed by atoms with Gasteiger partial charge in [-0.2, -0.15) is 0 Å². The summed E-state index contributed by atoms with van der Waals surface area (Å²) in [5.74, 6) is -0.363. The molecule has 1 N–H and O–H groups in total. The molecule has 0 radical (unpaired) electrons. The van der Waals surface area contributed by atoms with Crippen LogP contribution in [0.3, 0.4) is 0 Å². The molecule has 2 rings (SSSR count). The Labute approximate surface area is 127 Å². The molecule has 0 saturated carbocycles. The number of halogens is 1.